The molecule has 0 unspecified atom stereocenters. The van der Waals surface area contributed by atoms with Crippen molar-refractivity contribution in [3.05, 3.63) is 35.4 Å². The summed E-state index contributed by atoms with van der Waals surface area (Å²) in [5.74, 6) is 0. The van der Waals surface area contributed by atoms with E-state index in [9.17, 15) is 17.6 Å². The van der Waals surface area contributed by atoms with Crippen LogP contribution < -0.4 is 0 Å². The van der Waals surface area contributed by atoms with Gasteiger partial charge in [-0.05, 0) is 18.4 Å². The van der Waals surface area contributed by atoms with Gasteiger partial charge in [0.25, 0.3) is 0 Å². The van der Waals surface area contributed by atoms with Crippen molar-refractivity contribution in [2.75, 3.05) is 13.2 Å². The molecule has 7 heteroatoms. The monoisotopic (exact) mass is 322 g/mol. The fourth-order valence-corrected chi connectivity index (χ4v) is 2.06. The van der Waals surface area contributed by atoms with Gasteiger partial charge in [-0.15, -0.1) is 8.78 Å². The zero-order valence-corrected chi connectivity index (χ0v) is 12.2. The van der Waals surface area contributed by atoms with Crippen LogP contribution in [0.4, 0.5) is 17.6 Å². The Labute approximate surface area is 126 Å². The van der Waals surface area contributed by atoms with Gasteiger partial charge in [-0.1, -0.05) is 37.6 Å². The quantitative estimate of drug-likeness (QED) is 0.739. The number of unbranched alkanes of at least 4 members (excludes halogenated alkanes) is 1. The number of alkyl halides is 4. The maximum Gasteiger partial charge on any atom is 0.485 e. The lowest BCUT2D eigenvalue weighted by atomic mass is 10.1. The van der Waals surface area contributed by atoms with Crippen LogP contribution in [0.1, 0.15) is 30.9 Å². The second-order valence-corrected chi connectivity index (χ2v) is 5.14. The highest BCUT2D eigenvalue weighted by atomic mass is 19.3. The van der Waals surface area contributed by atoms with Crippen molar-refractivity contribution in [2.45, 2.75) is 44.7 Å². The molecule has 1 aromatic carbocycles. The lowest BCUT2D eigenvalue weighted by Gasteiger charge is -2.30. The van der Waals surface area contributed by atoms with E-state index >= 15 is 0 Å². The zero-order chi connectivity index (χ0) is 16.2. The first kappa shape index (κ1) is 17.2. The summed E-state index contributed by atoms with van der Waals surface area (Å²) in [6, 6.07) is 5.79. The molecule has 1 aromatic rings. The van der Waals surface area contributed by atoms with Gasteiger partial charge >= 0.3 is 12.4 Å². The largest absolute Gasteiger partial charge is 0.485 e. The Balaban J connectivity index is 1.95. The predicted octanol–water partition coefficient (Wildman–Crippen LogP) is 4.06. The molecule has 1 aliphatic rings. The van der Waals surface area contributed by atoms with Crippen LogP contribution in [0.2, 0.25) is 0 Å². The molecule has 0 amide bonds. The van der Waals surface area contributed by atoms with E-state index in [4.69, 9.17) is 0 Å². The van der Waals surface area contributed by atoms with Gasteiger partial charge in [-0.3, -0.25) is 9.47 Å². The summed E-state index contributed by atoms with van der Waals surface area (Å²) in [5, 5.41) is 0. The van der Waals surface area contributed by atoms with E-state index in [1.165, 1.54) is 12.1 Å². The first-order valence-corrected chi connectivity index (χ1v) is 7.13. The molecule has 3 nitrogen and oxygen atoms in total. The summed E-state index contributed by atoms with van der Waals surface area (Å²) >= 11 is 0. The molecule has 0 radical (unpaired) electrons. The van der Waals surface area contributed by atoms with E-state index in [0.717, 1.165) is 24.8 Å². The Morgan fingerprint density at radius 1 is 1.18 bits per heavy atom. The number of halogens is 4. The number of benzene rings is 1. The molecule has 0 bridgehead atoms. The van der Waals surface area contributed by atoms with Gasteiger partial charge in [0.1, 0.15) is 6.10 Å². The van der Waals surface area contributed by atoms with Crippen LogP contribution in [-0.4, -0.2) is 25.6 Å². The van der Waals surface area contributed by atoms with Gasteiger partial charge in [0, 0.05) is 0 Å². The second kappa shape index (κ2) is 6.93. The molecule has 0 spiro atoms. The maximum absolute atomic E-state index is 14.0. The van der Waals surface area contributed by atoms with Crippen LogP contribution in [0.25, 0.3) is 0 Å². The fraction of sp³-hybridized carbons (Fsp3) is 0.600. The summed E-state index contributed by atoms with van der Waals surface area (Å²) in [6.07, 6.45) is -5.76. The van der Waals surface area contributed by atoms with Gasteiger partial charge in [-0.2, -0.15) is 8.78 Å². The second-order valence-electron chi connectivity index (χ2n) is 5.14. The average Bonchev–Trinajstić information content (AvgIpc) is 2.48. The molecule has 1 saturated heterocycles. The average molecular weight is 322 g/mol. The summed E-state index contributed by atoms with van der Waals surface area (Å²) in [7, 11) is 0. The summed E-state index contributed by atoms with van der Waals surface area (Å²) in [5.41, 5.74) is 0.635. The Morgan fingerprint density at radius 2 is 1.77 bits per heavy atom. The standard InChI is InChI=1S/C15H18F4O3/c1-2-3-4-11-5-7-12(8-6-11)14(16,17)22-13-9-20-15(18,19)21-10-13/h5-8,13H,2-4,9-10H2,1H3. The molecule has 0 aliphatic carbocycles. The van der Waals surface area contributed by atoms with E-state index in [2.05, 4.69) is 14.2 Å². The minimum atomic E-state index is -3.74. The molecule has 2 rings (SSSR count). The van der Waals surface area contributed by atoms with Crippen LogP contribution in [0.5, 0.6) is 0 Å². The van der Waals surface area contributed by atoms with Crippen molar-refractivity contribution in [1.82, 2.24) is 0 Å². The van der Waals surface area contributed by atoms with Crippen LogP contribution in [0.3, 0.4) is 0 Å². The van der Waals surface area contributed by atoms with Crippen LogP contribution in [-0.2, 0) is 26.7 Å². The Kier molecular flexibility index (Phi) is 5.41. The summed E-state index contributed by atoms with van der Waals surface area (Å²) in [6.45, 7) is 0.739. The molecule has 0 saturated carbocycles. The van der Waals surface area contributed by atoms with Gasteiger partial charge in [-0.25, -0.2) is 0 Å². The Morgan fingerprint density at radius 3 is 2.32 bits per heavy atom. The highest BCUT2D eigenvalue weighted by molar-refractivity contribution is 5.24. The molecule has 22 heavy (non-hydrogen) atoms. The van der Waals surface area contributed by atoms with E-state index < -0.39 is 31.7 Å². The Hall–Kier alpha value is -1.18. The third-order valence-corrected chi connectivity index (χ3v) is 3.30. The third-order valence-electron chi connectivity index (χ3n) is 3.30. The van der Waals surface area contributed by atoms with Crippen LogP contribution in [0.15, 0.2) is 24.3 Å². The molecular weight excluding hydrogens is 304 g/mol. The molecular formula is C15H18F4O3. The molecule has 124 valence electrons. The molecule has 0 N–H and O–H groups in total. The predicted molar refractivity (Wildman–Crippen MR) is 70.7 cm³/mol. The van der Waals surface area contributed by atoms with E-state index in [1.807, 2.05) is 6.92 Å². The summed E-state index contributed by atoms with van der Waals surface area (Å²) in [4.78, 5) is 0. The highest BCUT2D eigenvalue weighted by Gasteiger charge is 2.43. The van der Waals surface area contributed by atoms with Gasteiger partial charge in [0.05, 0.1) is 18.8 Å². The van der Waals surface area contributed by atoms with Crippen molar-refractivity contribution in [3.8, 4) is 0 Å². The van der Waals surface area contributed by atoms with E-state index in [1.54, 1.807) is 12.1 Å². The molecule has 1 aliphatic heterocycles. The first-order chi connectivity index (χ1) is 10.3. The third kappa shape index (κ3) is 4.66. The minimum absolute atomic E-state index is 0.329. The summed E-state index contributed by atoms with van der Waals surface area (Å²) < 4.78 is 65.8. The highest BCUT2D eigenvalue weighted by Crippen LogP contribution is 2.33. The van der Waals surface area contributed by atoms with Crippen molar-refractivity contribution < 1.29 is 31.8 Å². The Bertz CT molecular complexity index is 466. The van der Waals surface area contributed by atoms with Crippen LogP contribution in [0, 0.1) is 0 Å². The zero-order valence-electron chi connectivity index (χ0n) is 12.2. The van der Waals surface area contributed by atoms with E-state index in [0.29, 0.717) is 0 Å². The van der Waals surface area contributed by atoms with Crippen molar-refractivity contribution in [2.24, 2.45) is 0 Å². The molecule has 1 fully saturated rings. The number of ether oxygens (including phenoxy) is 3. The number of hydrogen-bond donors (Lipinski definition) is 0. The fourth-order valence-electron chi connectivity index (χ4n) is 2.06. The number of aryl methyl sites for hydroxylation is 1. The SMILES string of the molecule is CCCCc1ccc(C(F)(F)OC2COC(F)(F)OC2)cc1. The van der Waals surface area contributed by atoms with Gasteiger partial charge < -0.3 is 4.74 Å². The molecule has 0 atom stereocenters. The number of hydrogen-bond acceptors (Lipinski definition) is 3. The van der Waals surface area contributed by atoms with Gasteiger partial charge in [0.2, 0.25) is 0 Å². The minimum Gasteiger partial charge on any atom is -0.308 e. The van der Waals surface area contributed by atoms with Crippen LogP contribution >= 0.6 is 0 Å². The number of rotatable bonds is 6. The van der Waals surface area contributed by atoms with Crippen molar-refractivity contribution >= 4 is 0 Å². The topological polar surface area (TPSA) is 27.7 Å². The maximum atomic E-state index is 14.0. The van der Waals surface area contributed by atoms with Crippen molar-refractivity contribution in [1.29, 1.82) is 0 Å². The van der Waals surface area contributed by atoms with E-state index in [-0.39, 0.29) is 5.56 Å². The van der Waals surface area contributed by atoms with Gasteiger partial charge in [0.15, 0.2) is 0 Å². The molecule has 1 heterocycles. The first-order valence-electron chi connectivity index (χ1n) is 7.13. The molecule has 0 aromatic heterocycles. The van der Waals surface area contributed by atoms with Crippen molar-refractivity contribution in [3.63, 3.8) is 0 Å². The smallest absolute Gasteiger partial charge is 0.308 e. The lowest BCUT2D eigenvalue weighted by molar-refractivity contribution is -0.438. The normalized spacial score (nSPS) is 19.3. The lowest BCUT2D eigenvalue weighted by Crippen LogP contribution is -2.43.